The molecule has 2 aromatic rings. The number of amides is 1. The van der Waals surface area contributed by atoms with Crippen LogP contribution < -0.4 is 5.32 Å². The van der Waals surface area contributed by atoms with Crippen molar-refractivity contribution < 1.29 is 35.9 Å². The summed E-state index contributed by atoms with van der Waals surface area (Å²) in [5.41, 5.74) is -4.36. The van der Waals surface area contributed by atoms with E-state index < -0.39 is 31.9 Å². The summed E-state index contributed by atoms with van der Waals surface area (Å²) in [7, 11) is -5.81. The Morgan fingerprint density at radius 2 is 1.80 bits per heavy atom. The van der Waals surface area contributed by atoms with Gasteiger partial charge in [-0.05, 0) is 31.0 Å². The van der Waals surface area contributed by atoms with E-state index in [1.807, 2.05) is 31.2 Å². The average Bonchev–Trinajstić information content (AvgIpc) is 2.69. The van der Waals surface area contributed by atoms with E-state index in [9.17, 15) is 31.2 Å². The first kappa shape index (κ1) is 23.3. The second-order valence-corrected chi connectivity index (χ2v) is 8.13. The molecular weight excluding hydrogens is 425 g/mol. The number of hydrogen-bond acceptors (Lipinski definition) is 6. The highest BCUT2D eigenvalue weighted by molar-refractivity contribution is 7.92. The Labute approximate surface area is 171 Å². The van der Waals surface area contributed by atoms with Gasteiger partial charge in [0.2, 0.25) is 5.91 Å². The lowest BCUT2D eigenvalue weighted by atomic mass is 10.1. The average molecular weight is 444 g/mol. The Hall–Kier alpha value is -2.95. The van der Waals surface area contributed by atoms with Crippen LogP contribution >= 0.6 is 0 Å². The number of carbonyl (C=O) groups is 2. The summed E-state index contributed by atoms with van der Waals surface area (Å²) in [5, 5.41) is 1.08. The van der Waals surface area contributed by atoms with Gasteiger partial charge in [0.25, 0.3) is 9.84 Å². The van der Waals surface area contributed by atoms with E-state index in [0.717, 1.165) is 29.5 Å². The Morgan fingerprint density at radius 3 is 2.43 bits per heavy atom. The smallest absolute Gasteiger partial charge is 0.460 e. The number of sulfone groups is 1. The number of rotatable bonds is 8. The summed E-state index contributed by atoms with van der Waals surface area (Å²) in [6.07, 6.45) is 1.54. The number of aryl methyl sites for hydroxylation is 2. The van der Waals surface area contributed by atoms with Crippen LogP contribution in [-0.4, -0.2) is 43.9 Å². The van der Waals surface area contributed by atoms with Crippen LogP contribution in [0.5, 0.6) is 0 Å². The van der Waals surface area contributed by atoms with Crippen molar-refractivity contribution in [3.8, 4) is 0 Å². The van der Waals surface area contributed by atoms with Gasteiger partial charge in [-0.3, -0.25) is 4.79 Å². The molecule has 0 bridgehead atoms. The second kappa shape index (κ2) is 9.70. The molecule has 7 nitrogen and oxygen atoms in total. The van der Waals surface area contributed by atoms with E-state index in [4.69, 9.17) is 4.74 Å². The van der Waals surface area contributed by atoms with E-state index >= 15 is 0 Å². The molecule has 1 amide bonds. The Bertz CT molecular complexity index is 1010. The summed E-state index contributed by atoms with van der Waals surface area (Å²) >= 11 is 0. The summed E-state index contributed by atoms with van der Waals surface area (Å²) in [6.45, 7) is 1.51. The highest BCUT2D eigenvalue weighted by atomic mass is 32.2. The molecule has 0 saturated carbocycles. The van der Waals surface area contributed by atoms with Crippen molar-refractivity contribution in [1.29, 1.82) is 0 Å². The van der Waals surface area contributed by atoms with Gasteiger partial charge in [-0.15, -0.1) is 0 Å². The molecular formula is C19H19F3N2O5S. The molecule has 0 spiro atoms. The van der Waals surface area contributed by atoms with Crippen LogP contribution in [0.1, 0.15) is 27.9 Å². The molecule has 11 heteroatoms. The fourth-order valence-electron chi connectivity index (χ4n) is 2.38. The van der Waals surface area contributed by atoms with Crippen molar-refractivity contribution >= 4 is 21.7 Å². The summed E-state index contributed by atoms with van der Waals surface area (Å²) in [6, 6.07) is 9.65. The minimum Gasteiger partial charge on any atom is -0.460 e. The van der Waals surface area contributed by atoms with Gasteiger partial charge in [-0.1, -0.05) is 29.8 Å². The highest BCUT2D eigenvalue weighted by Crippen LogP contribution is 2.30. The van der Waals surface area contributed by atoms with Gasteiger partial charge < -0.3 is 10.1 Å². The van der Waals surface area contributed by atoms with E-state index in [0.29, 0.717) is 6.42 Å². The van der Waals surface area contributed by atoms with Crippen molar-refractivity contribution in [2.75, 3.05) is 13.2 Å². The molecule has 162 valence electrons. The zero-order valence-electron chi connectivity index (χ0n) is 15.9. The molecule has 0 aliphatic carbocycles. The lowest BCUT2D eigenvalue weighted by Crippen LogP contribution is -2.29. The van der Waals surface area contributed by atoms with Gasteiger partial charge >= 0.3 is 11.5 Å². The van der Waals surface area contributed by atoms with Crippen LogP contribution in [0.4, 0.5) is 13.2 Å². The number of aromatic nitrogens is 1. The lowest BCUT2D eigenvalue weighted by molar-refractivity contribution is -0.121. The minimum atomic E-state index is -5.81. The quantitative estimate of drug-likeness (QED) is 0.496. The van der Waals surface area contributed by atoms with Crippen LogP contribution in [0.3, 0.4) is 0 Å². The maximum Gasteiger partial charge on any atom is 0.503 e. The number of hydrogen-bond donors (Lipinski definition) is 1. The number of nitrogens with zero attached hydrogens (tertiary/aromatic N) is 1. The van der Waals surface area contributed by atoms with Gasteiger partial charge in [0.1, 0.15) is 6.61 Å². The molecule has 0 aliphatic rings. The molecule has 0 saturated heterocycles. The van der Waals surface area contributed by atoms with Gasteiger partial charge in [-0.25, -0.2) is 18.2 Å². The largest absolute Gasteiger partial charge is 0.503 e. The van der Waals surface area contributed by atoms with Crippen molar-refractivity contribution in [2.24, 2.45) is 0 Å². The van der Waals surface area contributed by atoms with Crippen molar-refractivity contribution in [2.45, 2.75) is 30.3 Å². The monoisotopic (exact) mass is 444 g/mol. The van der Waals surface area contributed by atoms with Gasteiger partial charge in [0.15, 0.2) is 5.03 Å². The molecule has 0 radical (unpaired) electrons. The normalized spacial score (nSPS) is 11.7. The van der Waals surface area contributed by atoms with Crippen LogP contribution in [-0.2, 0) is 25.8 Å². The van der Waals surface area contributed by atoms with Gasteiger partial charge in [0, 0.05) is 12.6 Å². The fourth-order valence-corrected chi connectivity index (χ4v) is 3.24. The first-order chi connectivity index (χ1) is 14.0. The van der Waals surface area contributed by atoms with Crippen molar-refractivity contribution in [3.63, 3.8) is 0 Å². The maximum absolute atomic E-state index is 12.7. The molecule has 2 rings (SSSR count). The number of carbonyl (C=O) groups excluding carboxylic acids is 2. The van der Waals surface area contributed by atoms with E-state index in [1.54, 1.807) is 0 Å². The van der Waals surface area contributed by atoms with Crippen molar-refractivity contribution in [1.82, 2.24) is 10.3 Å². The third-order valence-electron chi connectivity index (χ3n) is 3.97. The van der Waals surface area contributed by atoms with Crippen LogP contribution in [0.2, 0.25) is 0 Å². The molecule has 0 unspecified atom stereocenters. The lowest BCUT2D eigenvalue weighted by Gasteiger charge is -2.11. The van der Waals surface area contributed by atoms with Gasteiger partial charge in [-0.2, -0.15) is 13.2 Å². The summed E-state index contributed by atoms with van der Waals surface area (Å²) in [5.74, 6) is -1.59. The Balaban J connectivity index is 1.85. The highest BCUT2D eigenvalue weighted by Gasteiger charge is 2.49. The Morgan fingerprint density at radius 1 is 1.13 bits per heavy atom. The molecule has 1 aromatic carbocycles. The van der Waals surface area contributed by atoms with E-state index in [-0.39, 0.29) is 25.5 Å². The minimum absolute atomic E-state index is 0.0832. The van der Waals surface area contributed by atoms with Crippen LogP contribution in [0.25, 0.3) is 0 Å². The molecule has 0 atom stereocenters. The van der Waals surface area contributed by atoms with Crippen molar-refractivity contribution in [3.05, 3.63) is 59.3 Å². The van der Waals surface area contributed by atoms with Gasteiger partial charge in [0.05, 0.1) is 12.1 Å². The number of pyridine rings is 1. The first-order valence-electron chi connectivity index (χ1n) is 8.78. The molecule has 30 heavy (non-hydrogen) atoms. The first-order valence-corrected chi connectivity index (χ1v) is 10.3. The maximum atomic E-state index is 12.7. The predicted molar refractivity (Wildman–Crippen MR) is 100 cm³/mol. The third kappa shape index (κ3) is 6.02. The Kier molecular flexibility index (Phi) is 7.54. The van der Waals surface area contributed by atoms with Crippen LogP contribution in [0.15, 0.2) is 47.6 Å². The topological polar surface area (TPSA) is 102 Å². The number of alkyl halides is 3. The number of ether oxygens (including phenoxy) is 1. The molecule has 0 fully saturated rings. The zero-order valence-corrected chi connectivity index (χ0v) is 16.7. The number of esters is 1. The molecule has 1 aromatic heterocycles. The summed E-state index contributed by atoms with van der Waals surface area (Å²) in [4.78, 5) is 27.0. The standard InChI is InChI=1S/C19H19F3N2O5S/c1-13-4-6-14(7-5-13)8-9-16(25)23-11-12-29-18(26)15-3-2-10-24-17(15)30(27,28)19(20,21)22/h2-7,10H,8-9,11-12H2,1H3,(H,23,25). The molecule has 1 heterocycles. The van der Waals surface area contributed by atoms with E-state index in [1.165, 1.54) is 0 Å². The fraction of sp³-hybridized carbons (Fsp3) is 0.316. The predicted octanol–water partition coefficient (Wildman–Crippen LogP) is 2.59. The SMILES string of the molecule is Cc1ccc(CCC(=O)NCCOC(=O)c2cccnc2S(=O)(=O)C(F)(F)F)cc1. The van der Waals surface area contributed by atoms with Crippen LogP contribution in [0, 0.1) is 6.92 Å². The molecule has 1 N–H and O–H groups in total. The number of halogens is 3. The third-order valence-corrected chi connectivity index (χ3v) is 5.41. The number of nitrogens with one attached hydrogen (secondary N) is 1. The van der Waals surface area contributed by atoms with E-state index in [2.05, 4.69) is 10.3 Å². The zero-order chi connectivity index (χ0) is 22.4. The second-order valence-electron chi connectivity index (χ2n) is 6.28. The molecule has 0 aliphatic heterocycles. The summed E-state index contributed by atoms with van der Waals surface area (Å²) < 4.78 is 66.1. The number of benzene rings is 1.